The second kappa shape index (κ2) is 5.91. The third-order valence-electron chi connectivity index (χ3n) is 2.63. The Bertz CT molecular complexity index is 624. The highest BCUT2D eigenvalue weighted by Gasteiger charge is 2.19. The molecule has 0 aliphatic rings. The maximum Gasteiger partial charge on any atom is 0.331 e. The number of rotatable bonds is 4. The van der Waals surface area contributed by atoms with Crippen molar-refractivity contribution in [3.63, 3.8) is 0 Å². The van der Waals surface area contributed by atoms with Gasteiger partial charge in [-0.15, -0.1) is 0 Å². The molecule has 1 aromatic rings. The zero-order chi connectivity index (χ0) is 15.4. The summed E-state index contributed by atoms with van der Waals surface area (Å²) in [5.74, 6) is -2.89. The molecule has 0 saturated carbocycles. The fraction of sp³-hybridized carbons (Fsp3) is 0.167. The summed E-state index contributed by atoms with van der Waals surface area (Å²) in [4.78, 5) is 32.4. The highest BCUT2D eigenvalue weighted by atomic mass is 19.1. The number of carboxylic acids is 1. The van der Waals surface area contributed by atoms with Gasteiger partial charge in [-0.05, 0) is 26.0 Å². The molecule has 2 N–H and O–H groups in total. The maximum absolute atomic E-state index is 12.9. The van der Waals surface area contributed by atoms with Gasteiger partial charge in [-0.25, -0.2) is 9.18 Å². The monoisotopic (exact) mass is 282 g/mol. The minimum Gasteiger partial charge on any atom is -0.478 e. The molecule has 0 aliphatic heterocycles. The fourth-order valence-corrected chi connectivity index (χ4v) is 1.31. The lowest BCUT2D eigenvalue weighted by Crippen LogP contribution is -2.17. The summed E-state index contributed by atoms with van der Waals surface area (Å²) < 4.78 is 12.9. The number of hydrogen-bond donors (Lipinski definition) is 2. The van der Waals surface area contributed by atoms with Gasteiger partial charge in [-0.3, -0.25) is 14.9 Å². The van der Waals surface area contributed by atoms with Crippen molar-refractivity contribution in [3.8, 4) is 0 Å². The number of nitro benzene ring substituents is 1. The average Bonchev–Trinajstić information content (AvgIpc) is 2.38. The number of carbonyl (C=O) groups is 2. The van der Waals surface area contributed by atoms with Crippen molar-refractivity contribution in [2.24, 2.45) is 0 Å². The molecule has 20 heavy (non-hydrogen) atoms. The van der Waals surface area contributed by atoms with Crippen molar-refractivity contribution < 1.29 is 24.0 Å². The zero-order valence-corrected chi connectivity index (χ0v) is 10.6. The highest BCUT2D eigenvalue weighted by molar-refractivity contribution is 6.08. The first-order chi connectivity index (χ1) is 9.23. The molecule has 0 unspecified atom stereocenters. The molecule has 7 nitrogen and oxygen atoms in total. The zero-order valence-electron chi connectivity index (χ0n) is 10.6. The standard InChI is InChI=1S/C12H11FN2O5/c1-6(7(2)12(17)18)11(16)14-9-4-3-8(13)5-10(9)15(19)20/h3-5H,1-2H3,(H,14,16)(H,17,18). The maximum atomic E-state index is 12.9. The Morgan fingerprint density at radius 1 is 1.30 bits per heavy atom. The number of anilines is 1. The van der Waals surface area contributed by atoms with E-state index in [4.69, 9.17) is 5.11 Å². The summed E-state index contributed by atoms with van der Waals surface area (Å²) in [5, 5.41) is 21.7. The topological polar surface area (TPSA) is 110 Å². The van der Waals surface area contributed by atoms with Crippen LogP contribution in [0.5, 0.6) is 0 Å². The number of hydrogen-bond acceptors (Lipinski definition) is 4. The Kier molecular flexibility index (Phi) is 4.52. The van der Waals surface area contributed by atoms with Gasteiger partial charge in [0.15, 0.2) is 0 Å². The number of amides is 1. The van der Waals surface area contributed by atoms with E-state index in [0.717, 1.165) is 12.1 Å². The van der Waals surface area contributed by atoms with Gasteiger partial charge in [0.25, 0.3) is 11.6 Å². The first-order valence-corrected chi connectivity index (χ1v) is 5.40. The second-order valence-corrected chi connectivity index (χ2v) is 3.93. The Morgan fingerprint density at radius 3 is 2.40 bits per heavy atom. The molecule has 0 heterocycles. The molecule has 0 aliphatic carbocycles. The SMILES string of the molecule is CC(C(=O)O)=C(C)C(=O)Nc1ccc(F)cc1[N+](=O)[O-]. The van der Waals surface area contributed by atoms with Gasteiger partial charge in [0.05, 0.1) is 11.0 Å². The molecule has 0 radical (unpaired) electrons. The van der Waals surface area contributed by atoms with Gasteiger partial charge in [0.1, 0.15) is 11.5 Å². The van der Waals surface area contributed by atoms with Crippen molar-refractivity contribution in [1.82, 2.24) is 0 Å². The van der Waals surface area contributed by atoms with Gasteiger partial charge in [0, 0.05) is 11.1 Å². The number of benzene rings is 1. The molecule has 0 fully saturated rings. The summed E-state index contributed by atoms with van der Waals surface area (Å²) >= 11 is 0. The summed E-state index contributed by atoms with van der Waals surface area (Å²) in [6, 6.07) is 2.65. The molecule has 1 rings (SSSR count). The van der Waals surface area contributed by atoms with E-state index in [0.29, 0.717) is 6.07 Å². The number of carbonyl (C=O) groups excluding carboxylic acids is 1. The second-order valence-electron chi connectivity index (χ2n) is 3.93. The Hall–Kier alpha value is -2.77. The van der Waals surface area contributed by atoms with Crippen LogP contribution in [0, 0.1) is 15.9 Å². The first kappa shape index (κ1) is 15.3. The molecular formula is C12H11FN2O5. The quantitative estimate of drug-likeness (QED) is 0.499. The lowest BCUT2D eigenvalue weighted by atomic mass is 10.1. The van der Waals surface area contributed by atoms with E-state index in [1.165, 1.54) is 13.8 Å². The summed E-state index contributed by atoms with van der Waals surface area (Å²) in [6.45, 7) is 2.50. The fourth-order valence-electron chi connectivity index (χ4n) is 1.31. The third kappa shape index (κ3) is 3.37. The molecule has 0 spiro atoms. The summed E-state index contributed by atoms with van der Waals surface area (Å²) in [7, 11) is 0. The van der Waals surface area contributed by atoms with E-state index in [-0.39, 0.29) is 16.8 Å². The number of nitro groups is 1. The van der Waals surface area contributed by atoms with Crippen LogP contribution in [0.2, 0.25) is 0 Å². The van der Waals surface area contributed by atoms with Crippen molar-refractivity contribution >= 4 is 23.3 Å². The minimum absolute atomic E-state index is 0.101. The smallest absolute Gasteiger partial charge is 0.331 e. The number of nitrogens with zero attached hydrogens (tertiary/aromatic N) is 1. The minimum atomic E-state index is -1.27. The number of aliphatic carboxylic acids is 1. The normalized spacial score (nSPS) is 11.6. The van der Waals surface area contributed by atoms with E-state index in [2.05, 4.69) is 5.32 Å². The van der Waals surface area contributed by atoms with Gasteiger partial charge in [0.2, 0.25) is 0 Å². The van der Waals surface area contributed by atoms with Crippen LogP contribution in [-0.4, -0.2) is 21.9 Å². The Balaban J connectivity index is 3.12. The highest BCUT2D eigenvalue weighted by Crippen LogP contribution is 2.25. The van der Waals surface area contributed by atoms with Crippen molar-refractivity contribution in [2.75, 3.05) is 5.32 Å². The van der Waals surface area contributed by atoms with E-state index >= 15 is 0 Å². The van der Waals surface area contributed by atoms with Crippen LogP contribution in [-0.2, 0) is 9.59 Å². The molecule has 0 aromatic heterocycles. The molecule has 0 saturated heterocycles. The van der Waals surface area contributed by atoms with E-state index in [1.807, 2.05) is 0 Å². The first-order valence-electron chi connectivity index (χ1n) is 5.40. The molecule has 106 valence electrons. The number of carboxylic acid groups (broad SMARTS) is 1. The van der Waals surface area contributed by atoms with Crippen molar-refractivity contribution in [2.45, 2.75) is 13.8 Å². The molecule has 0 atom stereocenters. The molecule has 1 amide bonds. The van der Waals surface area contributed by atoms with Crippen LogP contribution in [0.4, 0.5) is 15.8 Å². The summed E-state index contributed by atoms with van der Waals surface area (Å²) in [5.41, 5.74) is -1.11. The van der Waals surface area contributed by atoms with Gasteiger partial charge < -0.3 is 10.4 Å². The van der Waals surface area contributed by atoms with Crippen LogP contribution >= 0.6 is 0 Å². The largest absolute Gasteiger partial charge is 0.478 e. The predicted octanol–water partition coefficient (Wildman–Crippen LogP) is 2.09. The van der Waals surface area contributed by atoms with Crippen LogP contribution < -0.4 is 5.32 Å². The predicted molar refractivity (Wildman–Crippen MR) is 67.7 cm³/mol. The van der Waals surface area contributed by atoms with Crippen LogP contribution in [0.3, 0.4) is 0 Å². The van der Waals surface area contributed by atoms with Crippen LogP contribution in [0.25, 0.3) is 0 Å². The van der Waals surface area contributed by atoms with Crippen LogP contribution in [0.1, 0.15) is 13.8 Å². The molecule has 0 bridgehead atoms. The van der Waals surface area contributed by atoms with Gasteiger partial charge >= 0.3 is 5.97 Å². The summed E-state index contributed by atoms with van der Waals surface area (Å²) in [6.07, 6.45) is 0. The lowest BCUT2D eigenvalue weighted by molar-refractivity contribution is -0.384. The molecular weight excluding hydrogens is 271 g/mol. The Morgan fingerprint density at radius 2 is 1.90 bits per heavy atom. The average molecular weight is 282 g/mol. The van der Waals surface area contributed by atoms with E-state index in [9.17, 15) is 24.1 Å². The van der Waals surface area contributed by atoms with Crippen molar-refractivity contribution in [1.29, 1.82) is 0 Å². The van der Waals surface area contributed by atoms with Gasteiger partial charge in [-0.2, -0.15) is 0 Å². The van der Waals surface area contributed by atoms with E-state index < -0.39 is 28.3 Å². The van der Waals surface area contributed by atoms with Gasteiger partial charge in [-0.1, -0.05) is 0 Å². The number of halogens is 1. The van der Waals surface area contributed by atoms with E-state index in [1.54, 1.807) is 0 Å². The van der Waals surface area contributed by atoms with Crippen molar-refractivity contribution in [3.05, 3.63) is 45.3 Å². The number of nitrogens with one attached hydrogen (secondary N) is 1. The van der Waals surface area contributed by atoms with Crippen LogP contribution in [0.15, 0.2) is 29.3 Å². The molecule has 1 aromatic carbocycles. The lowest BCUT2D eigenvalue weighted by Gasteiger charge is -2.07. The third-order valence-corrected chi connectivity index (χ3v) is 2.63. The molecule has 8 heteroatoms. The Labute approximate surface area is 112 Å².